The normalized spacial score (nSPS) is 14.6. The number of hydrogen-bond acceptors (Lipinski definition) is 3. The molecule has 0 spiro atoms. The molecular formula is C17H21N3. The van der Waals surface area contributed by atoms with E-state index in [1.165, 1.54) is 22.6 Å². The first-order valence-electron chi connectivity index (χ1n) is 6.91. The number of para-hydroxylation sites is 2. The minimum Gasteiger partial charge on any atom is -0.378 e. The number of anilines is 3. The van der Waals surface area contributed by atoms with E-state index in [0.717, 1.165) is 0 Å². The average molecular weight is 267 g/mol. The van der Waals surface area contributed by atoms with E-state index in [2.05, 4.69) is 91.4 Å². The highest BCUT2D eigenvalue weighted by molar-refractivity contribution is 5.77. The van der Waals surface area contributed by atoms with Crippen LogP contribution in [-0.4, -0.2) is 28.2 Å². The van der Waals surface area contributed by atoms with Crippen molar-refractivity contribution in [1.82, 2.24) is 0 Å². The summed E-state index contributed by atoms with van der Waals surface area (Å²) in [5.74, 6) is 0. The zero-order valence-electron chi connectivity index (χ0n) is 12.5. The monoisotopic (exact) mass is 267 g/mol. The first-order valence-corrected chi connectivity index (χ1v) is 6.91. The van der Waals surface area contributed by atoms with Gasteiger partial charge in [-0.1, -0.05) is 24.3 Å². The fourth-order valence-corrected chi connectivity index (χ4v) is 2.98. The second kappa shape index (κ2) is 4.75. The molecule has 2 aromatic carbocycles. The van der Waals surface area contributed by atoms with Crippen LogP contribution in [0, 0.1) is 0 Å². The van der Waals surface area contributed by atoms with E-state index in [9.17, 15) is 0 Å². The van der Waals surface area contributed by atoms with Gasteiger partial charge in [0.15, 0.2) is 0 Å². The second-order valence-electron chi connectivity index (χ2n) is 5.57. The molecule has 0 atom stereocenters. The molecular weight excluding hydrogens is 246 g/mol. The van der Waals surface area contributed by atoms with Crippen molar-refractivity contribution < 1.29 is 0 Å². The lowest BCUT2D eigenvalue weighted by Gasteiger charge is -2.28. The molecule has 104 valence electrons. The van der Waals surface area contributed by atoms with E-state index in [-0.39, 0.29) is 6.17 Å². The zero-order valence-corrected chi connectivity index (χ0v) is 12.5. The smallest absolute Gasteiger partial charge is 0.128 e. The van der Waals surface area contributed by atoms with Crippen LogP contribution in [0.5, 0.6) is 0 Å². The Morgan fingerprint density at radius 1 is 0.800 bits per heavy atom. The molecule has 0 aliphatic carbocycles. The molecule has 1 aliphatic heterocycles. The second-order valence-corrected chi connectivity index (χ2v) is 5.57. The zero-order chi connectivity index (χ0) is 14.3. The fourth-order valence-electron chi connectivity index (χ4n) is 2.98. The minimum atomic E-state index is 0.267. The number of hydrogen-bond donors (Lipinski definition) is 0. The standard InChI is InChI=1S/C17H21N3/c1-18(2)14-11-9-13(10-12-14)17-19(3)15-7-5-6-8-16(15)20(17)4/h5-12,17H,1-4H3. The summed E-state index contributed by atoms with van der Waals surface area (Å²) in [4.78, 5) is 6.79. The minimum absolute atomic E-state index is 0.267. The molecule has 0 saturated heterocycles. The van der Waals surface area contributed by atoms with E-state index in [4.69, 9.17) is 0 Å². The quantitative estimate of drug-likeness (QED) is 0.826. The third-order valence-electron chi connectivity index (χ3n) is 4.08. The van der Waals surface area contributed by atoms with Crippen LogP contribution in [0.2, 0.25) is 0 Å². The summed E-state index contributed by atoms with van der Waals surface area (Å²) >= 11 is 0. The highest BCUT2D eigenvalue weighted by atomic mass is 15.4. The largest absolute Gasteiger partial charge is 0.378 e. The van der Waals surface area contributed by atoms with Crippen molar-refractivity contribution in [3.05, 3.63) is 54.1 Å². The van der Waals surface area contributed by atoms with Gasteiger partial charge in [0.1, 0.15) is 6.17 Å². The molecule has 0 N–H and O–H groups in total. The maximum atomic E-state index is 2.33. The molecule has 0 unspecified atom stereocenters. The van der Waals surface area contributed by atoms with Gasteiger partial charge in [0.2, 0.25) is 0 Å². The Hall–Kier alpha value is -2.16. The lowest BCUT2D eigenvalue weighted by Crippen LogP contribution is -2.30. The number of fused-ring (bicyclic) bond motifs is 1. The van der Waals surface area contributed by atoms with Gasteiger partial charge in [-0.2, -0.15) is 0 Å². The summed E-state index contributed by atoms with van der Waals surface area (Å²) < 4.78 is 0. The molecule has 3 rings (SSSR count). The van der Waals surface area contributed by atoms with Crippen LogP contribution in [0.15, 0.2) is 48.5 Å². The van der Waals surface area contributed by atoms with Crippen molar-refractivity contribution in [3.63, 3.8) is 0 Å². The van der Waals surface area contributed by atoms with Crippen LogP contribution in [-0.2, 0) is 0 Å². The highest BCUT2D eigenvalue weighted by Gasteiger charge is 2.31. The van der Waals surface area contributed by atoms with Gasteiger partial charge < -0.3 is 14.7 Å². The summed E-state index contributed by atoms with van der Waals surface area (Å²) in [7, 11) is 8.46. The van der Waals surface area contributed by atoms with Gasteiger partial charge in [-0.3, -0.25) is 0 Å². The van der Waals surface area contributed by atoms with E-state index in [1.54, 1.807) is 0 Å². The van der Waals surface area contributed by atoms with Crippen LogP contribution < -0.4 is 14.7 Å². The van der Waals surface area contributed by atoms with Crippen molar-refractivity contribution in [1.29, 1.82) is 0 Å². The third kappa shape index (κ3) is 1.90. The lowest BCUT2D eigenvalue weighted by molar-refractivity contribution is 0.694. The summed E-state index contributed by atoms with van der Waals surface area (Å²) in [5, 5.41) is 0. The summed E-state index contributed by atoms with van der Waals surface area (Å²) in [6.45, 7) is 0. The Morgan fingerprint density at radius 2 is 1.30 bits per heavy atom. The molecule has 2 aromatic rings. The molecule has 0 bridgehead atoms. The molecule has 1 heterocycles. The molecule has 0 aromatic heterocycles. The highest BCUT2D eigenvalue weighted by Crippen LogP contribution is 2.44. The average Bonchev–Trinajstić information content (AvgIpc) is 2.72. The maximum absolute atomic E-state index is 2.33. The number of benzene rings is 2. The first-order chi connectivity index (χ1) is 9.59. The number of nitrogens with zero attached hydrogens (tertiary/aromatic N) is 3. The van der Waals surface area contributed by atoms with Crippen molar-refractivity contribution in [2.75, 3.05) is 42.9 Å². The van der Waals surface area contributed by atoms with Gasteiger partial charge >= 0.3 is 0 Å². The summed E-state index contributed by atoms with van der Waals surface area (Å²) in [6, 6.07) is 17.4. The van der Waals surface area contributed by atoms with Crippen LogP contribution in [0.4, 0.5) is 17.1 Å². The lowest BCUT2D eigenvalue weighted by atomic mass is 10.1. The van der Waals surface area contributed by atoms with Crippen molar-refractivity contribution in [2.45, 2.75) is 6.17 Å². The van der Waals surface area contributed by atoms with Gasteiger partial charge in [0.25, 0.3) is 0 Å². The third-order valence-corrected chi connectivity index (χ3v) is 4.08. The molecule has 20 heavy (non-hydrogen) atoms. The molecule has 0 radical (unpaired) electrons. The SMILES string of the molecule is CN(C)c1ccc(C2N(C)c3ccccc3N2C)cc1. The molecule has 0 saturated carbocycles. The van der Waals surface area contributed by atoms with Gasteiger partial charge in [-0.15, -0.1) is 0 Å². The number of rotatable bonds is 2. The van der Waals surface area contributed by atoms with Gasteiger partial charge in [-0.05, 0) is 29.8 Å². The van der Waals surface area contributed by atoms with Crippen molar-refractivity contribution in [2.24, 2.45) is 0 Å². The van der Waals surface area contributed by atoms with Gasteiger partial charge in [-0.25, -0.2) is 0 Å². The Kier molecular flexibility index (Phi) is 3.05. The predicted octanol–water partition coefficient (Wildman–Crippen LogP) is 3.34. The molecule has 3 heteroatoms. The molecule has 1 aliphatic rings. The fraction of sp³-hybridized carbons (Fsp3) is 0.294. The van der Waals surface area contributed by atoms with Crippen LogP contribution >= 0.6 is 0 Å². The predicted molar refractivity (Wildman–Crippen MR) is 86.8 cm³/mol. The van der Waals surface area contributed by atoms with Gasteiger partial charge in [0, 0.05) is 33.9 Å². The van der Waals surface area contributed by atoms with E-state index in [1.807, 2.05) is 0 Å². The summed E-state index contributed by atoms with van der Waals surface area (Å²) in [6.07, 6.45) is 0.267. The Morgan fingerprint density at radius 3 is 1.75 bits per heavy atom. The Bertz CT molecular complexity index is 575. The van der Waals surface area contributed by atoms with E-state index < -0.39 is 0 Å². The van der Waals surface area contributed by atoms with Crippen molar-refractivity contribution >= 4 is 17.1 Å². The van der Waals surface area contributed by atoms with Crippen molar-refractivity contribution in [3.8, 4) is 0 Å². The van der Waals surface area contributed by atoms with Crippen LogP contribution in [0.25, 0.3) is 0 Å². The van der Waals surface area contributed by atoms with Gasteiger partial charge in [0.05, 0.1) is 11.4 Å². The topological polar surface area (TPSA) is 9.72 Å². The maximum Gasteiger partial charge on any atom is 0.128 e. The first kappa shape index (κ1) is 12.9. The van der Waals surface area contributed by atoms with E-state index in [0.29, 0.717) is 0 Å². The van der Waals surface area contributed by atoms with Crippen LogP contribution in [0.3, 0.4) is 0 Å². The summed E-state index contributed by atoms with van der Waals surface area (Å²) in [5.41, 5.74) is 5.12. The van der Waals surface area contributed by atoms with Crippen LogP contribution in [0.1, 0.15) is 11.7 Å². The van der Waals surface area contributed by atoms with E-state index >= 15 is 0 Å². The Balaban J connectivity index is 1.96. The molecule has 0 amide bonds. The molecule has 0 fully saturated rings. The molecule has 3 nitrogen and oxygen atoms in total. The Labute approximate surface area is 121 Å².